The maximum Gasteiger partial charge on any atom is 0.321 e. The molecule has 114 valence electrons. The van der Waals surface area contributed by atoms with Crippen LogP contribution in [0.25, 0.3) is 11.4 Å². The first-order chi connectivity index (χ1) is 10.5. The molecule has 0 aliphatic carbocycles. The second-order valence-electron chi connectivity index (χ2n) is 4.93. The van der Waals surface area contributed by atoms with Crippen LogP contribution in [-0.2, 0) is 0 Å². The number of aromatic nitrogens is 2. The van der Waals surface area contributed by atoms with Gasteiger partial charge in [-0.05, 0) is 19.1 Å². The monoisotopic (exact) mass is 299 g/mol. The van der Waals surface area contributed by atoms with E-state index in [2.05, 4.69) is 21.5 Å². The third kappa shape index (κ3) is 3.41. The molecule has 1 N–H and O–H groups in total. The van der Waals surface area contributed by atoms with Crippen LogP contribution in [0, 0.1) is 18.3 Å². The molecule has 1 aromatic carbocycles. The van der Waals surface area contributed by atoms with E-state index < -0.39 is 0 Å². The van der Waals surface area contributed by atoms with Crippen LogP contribution < -0.4 is 5.32 Å². The van der Waals surface area contributed by atoms with Crippen LogP contribution in [0.1, 0.15) is 19.2 Å². The summed E-state index contributed by atoms with van der Waals surface area (Å²) in [6, 6.07) is 8.79. The lowest BCUT2D eigenvalue weighted by Gasteiger charge is -2.23. The molecule has 1 heterocycles. The number of anilines is 1. The van der Waals surface area contributed by atoms with Crippen molar-refractivity contribution < 1.29 is 9.32 Å². The van der Waals surface area contributed by atoms with E-state index in [0.717, 1.165) is 0 Å². The Kier molecular flexibility index (Phi) is 4.73. The fourth-order valence-electron chi connectivity index (χ4n) is 1.87. The molecular weight excluding hydrogens is 282 g/mol. The third-order valence-corrected chi connectivity index (χ3v) is 3.31. The normalized spacial score (nSPS) is 11.5. The Morgan fingerprint density at radius 2 is 2.23 bits per heavy atom. The van der Waals surface area contributed by atoms with Crippen LogP contribution in [0.2, 0.25) is 0 Å². The van der Waals surface area contributed by atoms with Gasteiger partial charge in [0.15, 0.2) is 0 Å². The number of benzene rings is 1. The zero-order valence-corrected chi connectivity index (χ0v) is 12.7. The van der Waals surface area contributed by atoms with Crippen molar-refractivity contribution in [1.82, 2.24) is 15.0 Å². The van der Waals surface area contributed by atoms with Gasteiger partial charge in [-0.2, -0.15) is 10.2 Å². The number of carbonyl (C=O) groups excluding carboxylic acids is 1. The largest absolute Gasteiger partial charge is 0.339 e. The van der Waals surface area contributed by atoms with Gasteiger partial charge in [-0.3, -0.25) is 0 Å². The Bertz CT molecular complexity index is 704. The molecule has 0 radical (unpaired) electrons. The number of amides is 2. The fourth-order valence-corrected chi connectivity index (χ4v) is 1.87. The first-order valence-electron chi connectivity index (χ1n) is 6.83. The number of aryl methyl sites for hydroxylation is 1. The molecule has 0 aliphatic rings. The molecule has 22 heavy (non-hydrogen) atoms. The van der Waals surface area contributed by atoms with E-state index >= 15 is 0 Å². The summed E-state index contributed by atoms with van der Waals surface area (Å²) in [6.45, 7) is 3.52. The van der Waals surface area contributed by atoms with Crippen molar-refractivity contribution in [3.05, 3.63) is 30.2 Å². The van der Waals surface area contributed by atoms with Crippen molar-refractivity contribution in [1.29, 1.82) is 5.26 Å². The summed E-state index contributed by atoms with van der Waals surface area (Å²) in [4.78, 5) is 17.9. The molecule has 0 spiro atoms. The van der Waals surface area contributed by atoms with Gasteiger partial charge in [0.2, 0.25) is 11.7 Å². The molecule has 1 aromatic heterocycles. The molecule has 7 nitrogen and oxygen atoms in total. The highest BCUT2D eigenvalue weighted by atomic mass is 16.5. The van der Waals surface area contributed by atoms with Gasteiger partial charge < -0.3 is 14.7 Å². The van der Waals surface area contributed by atoms with Crippen LogP contribution in [0.4, 0.5) is 10.5 Å². The highest BCUT2D eigenvalue weighted by molar-refractivity contribution is 5.93. The second kappa shape index (κ2) is 6.72. The van der Waals surface area contributed by atoms with Crippen molar-refractivity contribution in [3.8, 4) is 17.5 Å². The minimum Gasteiger partial charge on any atom is -0.339 e. The number of nitrogens with one attached hydrogen (secondary N) is 1. The third-order valence-electron chi connectivity index (χ3n) is 3.31. The van der Waals surface area contributed by atoms with Crippen molar-refractivity contribution in [2.24, 2.45) is 0 Å². The number of para-hydroxylation sites is 1. The standard InChI is InChI=1S/C15H17N5O2/c1-10(8-9-16)20(3)15(21)18-13-7-5-4-6-12(13)14-17-11(2)22-19-14/h4-7,10H,8H2,1-3H3,(H,18,21). The smallest absolute Gasteiger partial charge is 0.321 e. The van der Waals surface area contributed by atoms with Crippen LogP contribution in [-0.4, -0.2) is 34.2 Å². The lowest BCUT2D eigenvalue weighted by Crippen LogP contribution is -2.38. The predicted octanol–water partition coefficient (Wildman–Crippen LogP) is 2.81. The molecule has 1 atom stereocenters. The zero-order valence-electron chi connectivity index (χ0n) is 12.7. The lowest BCUT2D eigenvalue weighted by atomic mass is 10.1. The Morgan fingerprint density at radius 1 is 1.50 bits per heavy atom. The number of nitriles is 1. The first kappa shape index (κ1) is 15.5. The van der Waals surface area contributed by atoms with E-state index in [0.29, 0.717) is 23.0 Å². The maximum absolute atomic E-state index is 12.3. The number of carbonyl (C=O) groups is 1. The minimum absolute atomic E-state index is 0.176. The molecule has 2 amide bonds. The quantitative estimate of drug-likeness (QED) is 0.936. The van der Waals surface area contributed by atoms with E-state index in [-0.39, 0.29) is 18.5 Å². The average Bonchev–Trinajstić information content (AvgIpc) is 2.93. The summed E-state index contributed by atoms with van der Waals surface area (Å²) in [5.41, 5.74) is 1.26. The Balaban J connectivity index is 2.20. The van der Waals surface area contributed by atoms with Crippen LogP contribution in [0.15, 0.2) is 28.8 Å². The number of hydrogen-bond donors (Lipinski definition) is 1. The molecule has 2 aromatic rings. The van der Waals surface area contributed by atoms with Crippen molar-refractivity contribution in [2.45, 2.75) is 26.3 Å². The summed E-state index contributed by atoms with van der Waals surface area (Å²) >= 11 is 0. The summed E-state index contributed by atoms with van der Waals surface area (Å²) in [5, 5.41) is 15.4. The Labute approximate surface area is 128 Å². The van der Waals surface area contributed by atoms with Crippen molar-refractivity contribution in [2.75, 3.05) is 12.4 Å². The van der Waals surface area contributed by atoms with E-state index in [4.69, 9.17) is 9.78 Å². The predicted molar refractivity (Wildman–Crippen MR) is 80.9 cm³/mol. The van der Waals surface area contributed by atoms with Crippen molar-refractivity contribution in [3.63, 3.8) is 0 Å². The van der Waals surface area contributed by atoms with E-state index in [1.54, 1.807) is 26.1 Å². The molecule has 7 heteroatoms. The zero-order chi connectivity index (χ0) is 16.1. The van der Waals surface area contributed by atoms with Gasteiger partial charge in [0, 0.05) is 25.6 Å². The van der Waals surface area contributed by atoms with Crippen LogP contribution >= 0.6 is 0 Å². The molecule has 0 aliphatic heterocycles. The highest BCUT2D eigenvalue weighted by Crippen LogP contribution is 2.25. The maximum atomic E-state index is 12.3. The summed E-state index contributed by atoms with van der Waals surface area (Å²) in [6.07, 6.45) is 0.273. The topological polar surface area (TPSA) is 95.1 Å². The second-order valence-corrected chi connectivity index (χ2v) is 4.93. The van der Waals surface area contributed by atoms with Gasteiger partial charge in [-0.25, -0.2) is 4.79 Å². The number of urea groups is 1. The molecule has 0 bridgehead atoms. The molecule has 2 rings (SSSR count). The van der Waals surface area contributed by atoms with Gasteiger partial charge in [-0.15, -0.1) is 0 Å². The first-order valence-corrected chi connectivity index (χ1v) is 6.83. The van der Waals surface area contributed by atoms with E-state index in [1.807, 2.05) is 19.1 Å². The summed E-state index contributed by atoms with van der Waals surface area (Å²) < 4.78 is 4.98. The van der Waals surface area contributed by atoms with Crippen LogP contribution in [0.5, 0.6) is 0 Å². The van der Waals surface area contributed by atoms with Gasteiger partial charge in [0.05, 0.1) is 18.2 Å². The highest BCUT2D eigenvalue weighted by Gasteiger charge is 2.18. The number of nitrogens with zero attached hydrogens (tertiary/aromatic N) is 4. The van der Waals surface area contributed by atoms with Crippen LogP contribution in [0.3, 0.4) is 0 Å². The SMILES string of the molecule is Cc1nc(-c2ccccc2NC(=O)N(C)C(C)CC#N)no1. The molecule has 0 saturated heterocycles. The van der Waals surface area contributed by atoms with Gasteiger partial charge >= 0.3 is 6.03 Å². The molecular formula is C15H17N5O2. The summed E-state index contributed by atoms with van der Waals surface area (Å²) in [7, 11) is 1.65. The molecule has 0 fully saturated rings. The fraction of sp³-hybridized carbons (Fsp3) is 0.333. The number of hydrogen-bond acceptors (Lipinski definition) is 5. The van der Waals surface area contributed by atoms with Crippen molar-refractivity contribution >= 4 is 11.7 Å². The summed E-state index contributed by atoms with van der Waals surface area (Å²) in [5.74, 6) is 0.872. The number of rotatable bonds is 4. The van der Waals surface area contributed by atoms with E-state index in [1.165, 1.54) is 4.90 Å². The van der Waals surface area contributed by atoms with Gasteiger partial charge in [-0.1, -0.05) is 17.3 Å². The van der Waals surface area contributed by atoms with Gasteiger partial charge in [0.1, 0.15) is 0 Å². The Morgan fingerprint density at radius 3 is 2.86 bits per heavy atom. The average molecular weight is 299 g/mol. The lowest BCUT2D eigenvalue weighted by molar-refractivity contribution is 0.208. The Hall–Kier alpha value is -2.88. The van der Waals surface area contributed by atoms with E-state index in [9.17, 15) is 4.79 Å². The van der Waals surface area contributed by atoms with Gasteiger partial charge in [0.25, 0.3) is 0 Å². The molecule has 1 unspecified atom stereocenters. The minimum atomic E-state index is -0.296. The molecule has 0 saturated carbocycles.